The van der Waals surface area contributed by atoms with Gasteiger partial charge in [0.1, 0.15) is 0 Å². The highest BCUT2D eigenvalue weighted by Gasteiger charge is 2.41. The second-order valence-corrected chi connectivity index (χ2v) is 8.33. The van der Waals surface area contributed by atoms with Gasteiger partial charge < -0.3 is 24.6 Å². The molecule has 1 aliphatic heterocycles. The Morgan fingerprint density at radius 3 is 2.18 bits per heavy atom. The number of carbonyl (C=O) groups is 3. The number of nitrogens with zero attached hydrogens (tertiary/aromatic N) is 3. The normalized spacial score (nSPS) is 19.7. The first-order chi connectivity index (χ1) is 16.2. The van der Waals surface area contributed by atoms with Crippen LogP contribution in [0.25, 0.3) is 0 Å². The molecule has 2 N–H and O–H groups in total. The van der Waals surface area contributed by atoms with Crippen molar-refractivity contribution >= 4 is 23.6 Å². The first kappa shape index (κ1) is 26.8. The smallest absolute Gasteiger partial charge is 0.328 e. The van der Waals surface area contributed by atoms with E-state index in [4.69, 9.17) is 24.8 Å². The van der Waals surface area contributed by atoms with E-state index in [2.05, 4.69) is 4.90 Å². The molecule has 1 fully saturated rings. The highest BCUT2D eigenvalue weighted by molar-refractivity contribution is 6.07. The molecule has 1 aromatic rings. The third-order valence-electron chi connectivity index (χ3n) is 5.72. The molecule has 10 heteroatoms. The van der Waals surface area contributed by atoms with Crippen molar-refractivity contribution in [2.45, 2.75) is 25.7 Å². The van der Waals surface area contributed by atoms with Crippen molar-refractivity contribution in [1.82, 2.24) is 9.91 Å². The molecule has 3 rings (SSSR count). The van der Waals surface area contributed by atoms with Gasteiger partial charge in [0, 0.05) is 36.1 Å². The number of methoxy groups -OCH3 is 2. The Hall–Kier alpha value is -3.40. The van der Waals surface area contributed by atoms with Crippen molar-refractivity contribution in [3.63, 3.8) is 0 Å². The van der Waals surface area contributed by atoms with Gasteiger partial charge in [0.15, 0.2) is 11.5 Å². The lowest BCUT2D eigenvalue weighted by molar-refractivity contribution is -0.139. The molecule has 1 heterocycles. The Morgan fingerprint density at radius 1 is 1.06 bits per heavy atom. The van der Waals surface area contributed by atoms with Crippen LogP contribution < -0.4 is 9.47 Å². The van der Waals surface area contributed by atoms with Gasteiger partial charge in [-0.1, -0.05) is 12.8 Å². The largest absolute Gasteiger partial charge is 0.493 e. The maximum atomic E-state index is 12.9. The van der Waals surface area contributed by atoms with Gasteiger partial charge in [-0.05, 0) is 45.1 Å². The van der Waals surface area contributed by atoms with Crippen LogP contribution in [0.15, 0.2) is 35.5 Å². The molecule has 0 aromatic heterocycles. The molecular formula is C24H33N3O7. The van der Waals surface area contributed by atoms with Crippen LogP contribution in [0.4, 0.5) is 0 Å². The van der Waals surface area contributed by atoms with E-state index in [0.717, 1.165) is 43.5 Å². The molecule has 186 valence electrons. The quantitative estimate of drug-likeness (QED) is 0.548. The molecule has 0 radical (unpaired) electrons. The summed E-state index contributed by atoms with van der Waals surface area (Å²) in [4.78, 5) is 34.1. The number of fused-ring (bicyclic) bond motifs is 1. The monoisotopic (exact) mass is 475 g/mol. The first-order valence-corrected chi connectivity index (χ1v) is 11.1. The van der Waals surface area contributed by atoms with Crippen LogP contribution in [0.5, 0.6) is 11.5 Å². The zero-order chi connectivity index (χ0) is 25.3. The summed E-state index contributed by atoms with van der Waals surface area (Å²) in [5.41, 5.74) is 2.02. The zero-order valence-corrected chi connectivity index (χ0v) is 20.1. The number of carbonyl (C=O) groups excluding carboxylic acids is 1. The zero-order valence-electron chi connectivity index (χ0n) is 20.1. The van der Waals surface area contributed by atoms with E-state index in [1.165, 1.54) is 0 Å². The summed E-state index contributed by atoms with van der Waals surface area (Å²) in [7, 11) is 7.29. The van der Waals surface area contributed by atoms with Gasteiger partial charge in [-0.25, -0.2) is 14.6 Å². The molecule has 2 unspecified atom stereocenters. The number of carboxylic acids is 2. The fourth-order valence-corrected chi connectivity index (χ4v) is 4.06. The number of hydrogen-bond donors (Lipinski definition) is 2. The Kier molecular flexibility index (Phi) is 10.1. The summed E-state index contributed by atoms with van der Waals surface area (Å²) in [6, 6.07) is 5.91. The third-order valence-corrected chi connectivity index (χ3v) is 5.72. The number of likely N-dealkylation sites (N-methyl/N-ethyl adjacent to an activating group) is 1. The third kappa shape index (κ3) is 7.31. The standard InChI is InChI=1S/C20H29N3O3.C4H4O4/c1-22(2)11-12-23-20(24)16-8-6-5-7-15(16)19(21-23)14-9-10-17(25-3)18(13-14)26-4;5-3(6)1-2-4(7)8/h9-10,13,15-16H,5-8,11-12H2,1-4H3;1-2H,(H,5,6)(H,7,8). The molecule has 1 saturated carbocycles. The van der Waals surface area contributed by atoms with Crippen LogP contribution in [0.2, 0.25) is 0 Å². The summed E-state index contributed by atoms with van der Waals surface area (Å²) < 4.78 is 10.8. The first-order valence-electron chi connectivity index (χ1n) is 11.1. The number of carboxylic acid groups (broad SMARTS) is 2. The van der Waals surface area contributed by atoms with Crippen molar-refractivity contribution in [2.75, 3.05) is 41.4 Å². The average Bonchev–Trinajstić information content (AvgIpc) is 2.82. The molecule has 1 aromatic carbocycles. The van der Waals surface area contributed by atoms with Gasteiger partial charge in [-0.15, -0.1) is 0 Å². The van der Waals surface area contributed by atoms with Crippen LogP contribution in [-0.4, -0.2) is 85.1 Å². The number of ether oxygens (including phenoxy) is 2. The predicted octanol–water partition coefficient (Wildman–Crippen LogP) is 2.33. The molecule has 34 heavy (non-hydrogen) atoms. The Balaban J connectivity index is 0.000000440. The van der Waals surface area contributed by atoms with Gasteiger partial charge in [0.25, 0.3) is 0 Å². The molecule has 0 spiro atoms. The minimum atomic E-state index is -1.26. The van der Waals surface area contributed by atoms with Crippen molar-refractivity contribution in [3.05, 3.63) is 35.9 Å². The van der Waals surface area contributed by atoms with E-state index < -0.39 is 11.9 Å². The molecule has 1 amide bonds. The molecule has 10 nitrogen and oxygen atoms in total. The molecule has 0 bridgehead atoms. The number of hydrazone groups is 1. The minimum absolute atomic E-state index is 0.0477. The number of benzene rings is 1. The summed E-state index contributed by atoms with van der Waals surface area (Å²) in [5.74, 6) is -0.692. The van der Waals surface area contributed by atoms with E-state index in [9.17, 15) is 14.4 Å². The van der Waals surface area contributed by atoms with E-state index in [1.807, 2.05) is 32.3 Å². The molecule has 2 aliphatic rings. The van der Waals surface area contributed by atoms with Gasteiger partial charge in [0.2, 0.25) is 5.91 Å². The lowest BCUT2D eigenvalue weighted by Crippen LogP contribution is -2.47. The Labute approximate surface area is 199 Å². The second-order valence-electron chi connectivity index (χ2n) is 8.33. The number of aliphatic carboxylic acids is 2. The molecule has 2 atom stereocenters. The Bertz CT molecular complexity index is 926. The fraction of sp³-hybridized carbons (Fsp3) is 0.500. The minimum Gasteiger partial charge on any atom is -0.493 e. The lowest BCUT2D eigenvalue weighted by atomic mass is 9.73. The summed E-state index contributed by atoms with van der Waals surface area (Å²) in [6.45, 7) is 1.41. The van der Waals surface area contributed by atoms with Crippen molar-refractivity contribution in [2.24, 2.45) is 16.9 Å². The van der Waals surface area contributed by atoms with E-state index >= 15 is 0 Å². The highest BCUT2D eigenvalue weighted by Crippen LogP contribution is 2.38. The fourth-order valence-electron chi connectivity index (χ4n) is 4.06. The van der Waals surface area contributed by atoms with Gasteiger partial charge >= 0.3 is 11.9 Å². The van der Waals surface area contributed by atoms with Crippen molar-refractivity contribution in [1.29, 1.82) is 0 Å². The molecular weight excluding hydrogens is 442 g/mol. The maximum Gasteiger partial charge on any atom is 0.328 e. The highest BCUT2D eigenvalue weighted by atomic mass is 16.5. The second kappa shape index (κ2) is 12.7. The van der Waals surface area contributed by atoms with Crippen molar-refractivity contribution < 1.29 is 34.1 Å². The summed E-state index contributed by atoms with van der Waals surface area (Å²) >= 11 is 0. The van der Waals surface area contributed by atoms with Gasteiger partial charge in [-0.2, -0.15) is 5.10 Å². The van der Waals surface area contributed by atoms with Crippen LogP contribution in [0.1, 0.15) is 31.2 Å². The van der Waals surface area contributed by atoms with E-state index in [0.29, 0.717) is 30.2 Å². The average molecular weight is 476 g/mol. The number of hydrogen-bond acceptors (Lipinski definition) is 7. The van der Waals surface area contributed by atoms with Crippen LogP contribution >= 0.6 is 0 Å². The van der Waals surface area contributed by atoms with E-state index in [-0.39, 0.29) is 17.7 Å². The maximum absolute atomic E-state index is 12.9. The van der Waals surface area contributed by atoms with Crippen LogP contribution in [0, 0.1) is 11.8 Å². The number of rotatable bonds is 8. The van der Waals surface area contributed by atoms with Crippen LogP contribution in [0.3, 0.4) is 0 Å². The van der Waals surface area contributed by atoms with Gasteiger partial charge in [-0.3, -0.25) is 4.79 Å². The SMILES string of the molecule is COc1ccc(C2=NN(CCN(C)C)C(=O)C3CCCCC23)cc1OC.O=C(O)C=CC(=O)O. The summed E-state index contributed by atoms with van der Waals surface area (Å²) in [6.07, 6.45) is 5.36. The lowest BCUT2D eigenvalue weighted by Gasteiger charge is -2.39. The number of amides is 1. The van der Waals surface area contributed by atoms with E-state index in [1.54, 1.807) is 19.2 Å². The molecule has 0 saturated heterocycles. The summed E-state index contributed by atoms with van der Waals surface area (Å²) in [5, 5.41) is 22.1. The van der Waals surface area contributed by atoms with Crippen LogP contribution in [-0.2, 0) is 14.4 Å². The van der Waals surface area contributed by atoms with Crippen molar-refractivity contribution in [3.8, 4) is 11.5 Å². The van der Waals surface area contributed by atoms with Gasteiger partial charge in [0.05, 0.1) is 26.5 Å². The topological polar surface area (TPSA) is 129 Å². The Morgan fingerprint density at radius 2 is 1.65 bits per heavy atom. The molecule has 1 aliphatic carbocycles. The predicted molar refractivity (Wildman–Crippen MR) is 126 cm³/mol.